The number of amidine groups is 1. The lowest BCUT2D eigenvalue weighted by Gasteiger charge is -2.20. The van der Waals surface area contributed by atoms with Gasteiger partial charge >= 0.3 is 10.3 Å². The number of hydrogen-bond donors (Lipinski definition) is 2. The van der Waals surface area contributed by atoms with Crippen LogP contribution in [-0.4, -0.2) is 60.2 Å². The molecule has 4 rings (SSSR count). The van der Waals surface area contributed by atoms with E-state index >= 15 is 0 Å². The van der Waals surface area contributed by atoms with E-state index < -0.39 is 10.3 Å². The monoisotopic (exact) mass is 480 g/mol. The topological polar surface area (TPSA) is 86.9 Å². The SMILES string of the molecule is CCn1cc(SCCN=C2CCCN2C)c2ccccc21.O=S(=O)(O)NC1CCCCC1. The predicted molar refractivity (Wildman–Crippen MR) is 134 cm³/mol. The summed E-state index contributed by atoms with van der Waals surface area (Å²) in [7, 11) is -1.83. The third-order valence-electron chi connectivity index (χ3n) is 5.99. The van der Waals surface area contributed by atoms with Crippen molar-refractivity contribution in [3.63, 3.8) is 0 Å². The van der Waals surface area contributed by atoms with Crippen molar-refractivity contribution in [2.45, 2.75) is 69.4 Å². The van der Waals surface area contributed by atoms with Crippen molar-refractivity contribution in [3.05, 3.63) is 30.5 Å². The number of para-hydroxylation sites is 1. The van der Waals surface area contributed by atoms with Crippen molar-refractivity contribution in [1.29, 1.82) is 0 Å². The maximum Gasteiger partial charge on any atom is 0.333 e. The molecule has 0 spiro atoms. The summed E-state index contributed by atoms with van der Waals surface area (Å²) >= 11 is 1.92. The van der Waals surface area contributed by atoms with Gasteiger partial charge in [0.2, 0.25) is 0 Å². The summed E-state index contributed by atoms with van der Waals surface area (Å²) in [6.07, 6.45) is 9.65. The van der Waals surface area contributed by atoms with Crippen molar-refractivity contribution in [1.82, 2.24) is 14.2 Å². The van der Waals surface area contributed by atoms with Crippen molar-refractivity contribution < 1.29 is 13.0 Å². The van der Waals surface area contributed by atoms with Crippen LogP contribution in [0.4, 0.5) is 0 Å². The molecule has 1 aromatic heterocycles. The van der Waals surface area contributed by atoms with Crippen LogP contribution in [0.3, 0.4) is 0 Å². The molecule has 1 aliphatic heterocycles. The summed E-state index contributed by atoms with van der Waals surface area (Å²) in [6.45, 7) is 5.29. The van der Waals surface area contributed by atoms with Gasteiger partial charge in [-0.05, 0) is 32.3 Å². The van der Waals surface area contributed by atoms with Gasteiger partial charge in [-0.25, -0.2) is 0 Å². The average Bonchev–Trinajstić information content (AvgIpc) is 3.34. The van der Waals surface area contributed by atoms with E-state index in [4.69, 9.17) is 9.55 Å². The highest BCUT2D eigenvalue weighted by Crippen LogP contribution is 2.29. The molecule has 0 radical (unpaired) electrons. The number of thioether (sulfide) groups is 1. The van der Waals surface area contributed by atoms with Crippen LogP contribution in [-0.2, 0) is 16.8 Å². The second-order valence-corrected chi connectivity index (χ2v) is 10.7. The van der Waals surface area contributed by atoms with Crippen molar-refractivity contribution in [2.24, 2.45) is 4.99 Å². The number of hydrogen-bond acceptors (Lipinski definition) is 4. The summed E-state index contributed by atoms with van der Waals surface area (Å²) in [5.41, 5.74) is 1.34. The Morgan fingerprint density at radius 1 is 1.19 bits per heavy atom. The fourth-order valence-corrected chi connectivity index (χ4v) is 5.93. The highest BCUT2D eigenvalue weighted by Gasteiger charge is 2.17. The predicted octanol–water partition coefficient (Wildman–Crippen LogP) is 4.59. The molecule has 1 saturated carbocycles. The number of aryl methyl sites for hydroxylation is 1. The van der Waals surface area contributed by atoms with E-state index in [1.807, 2.05) is 11.8 Å². The molecule has 2 fully saturated rings. The van der Waals surface area contributed by atoms with E-state index in [-0.39, 0.29) is 6.04 Å². The van der Waals surface area contributed by atoms with E-state index in [2.05, 4.69) is 58.6 Å². The smallest absolute Gasteiger partial charge is 0.333 e. The first-order valence-electron chi connectivity index (χ1n) is 11.6. The maximum atomic E-state index is 10.3. The van der Waals surface area contributed by atoms with Gasteiger partial charge in [0.25, 0.3) is 0 Å². The largest absolute Gasteiger partial charge is 0.363 e. The Labute approximate surface area is 196 Å². The standard InChI is InChI=1S/C17H23N3S.C6H13NO3S/c1-3-20-13-16(14-7-4-5-8-15(14)20)21-12-10-18-17-9-6-11-19(17)2;8-11(9,10)7-6-4-2-1-3-5-6/h4-5,7-8,13H,3,6,9-12H2,1-2H3;6-7H,1-5H2,(H,8,9,10). The van der Waals surface area contributed by atoms with E-state index in [1.54, 1.807) is 0 Å². The molecule has 7 nitrogen and oxygen atoms in total. The Hall–Kier alpha value is -1.55. The molecule has 32 heavy (non-hydrogen) atoms. The van der Waals surface area contributed by atoms with Crippen LogP contribution in [0.2, 0.25) is 0 Å². The molecule has 9 heteroatoms. The Morgan fingerprint density at radius 2 is 1.94 bits per heavy atom. The van der Waals surface area contributed by atoms with Gasteiger partial charge in [-0.15, -0.1) is 11.8 Å². The fourth-order valence-electron chi connectivity index (χ4n) is 4.35. The van der Waals surface area contributed by atoms with Gasteiger partial charge in [0.05, 0.1) is 12.4 Å². The summed E-state index contributed by atoms with van der Waals surface area (Å²) in [5.74, 6) is 2.33. The van der Waals surface area contributed by atoms with E-state index in [1.165, 1.54) is 34.5 Å². The second kappa shape index (κ2) is 12.1. The first kappa shape index (κ1) is 25.1. The molecular formula is C23H36N4O3S2. The van der Waals surface area contributed by atoms with Crippen molar-refractivity contribution in [3.8, 4) is 0 Å². The molecule has 2 heterocycles. The molecule has 0 unspecified atom stereocenters. The van der Waals surface area contributed by atoms with Gasteiger partial charge in [-0.3, -0.25) is 9.55 Å². The number of aromatic nitrogens is 1. The zero-order valence-corrected chi connectivity index (χ0v) is 20.8. The molecule has 178 valence electrons. The zero-order chi connectivity index (χ0) is 23.0. The summed E-state index contributed by atoms with van der Waals surface area (Å²) in [5, 5.41) is 1.37. The molecule has 0 amide bonds. The molecule has 0 atom stereocenters. The lowest BCUT2D eigenvalue weighted by atomic mass is 9.96. The van der Waals surface area contributed by atoms with Crippen LogP contribution in [0.25, 0.3) is 10.9 Å². The Bertz CT molecular complexity index is 998. The zero-order valence-electron chi connectivity index (χ0n) is 19.2. The third kappa shape index (κ3) is 7.50. The second-order valence-electron chi connectivity index (χ2n) is 8.40. The summed E-state index contributed by atoms with van der Waals surface area (Å²) in [6, 6.07) is 8.63. The fraction of sp³-hybridized carbons (Fsp3) is 0.609. The first-order chi connectivity index (χ1) is 15.4. The van der Waals surface area contributed by atoms with Crippen LogP contribution >= 0.6 is 11.8 Å². The lowest BCUT2D eigenvalue weighted by Crippen LogP contribution is -2.35. The molecule has 2 aromatic rings. The Kier molecular flexibility index (Phi) is 9.46. The van der Waals surface area contributed by atoms with Gasteiger partial charge in [0.15, 0.2) is 0 Å². The van der Waals surface area contributed by atoms with E-state index in [0.717, 1.165) is 57.5 Å². The van der Waals surface area contributed by atoms with Gasteiger partial charge in [-0.1, -0.05) is 37.5 Å². The number of likely N-dealkylation sites (tertiary alicyclic amines) is 1. The van der Waals surface area contributed by atoms with E-state index in [0.29, 0.717) is 0 Å². The van der Waals surface area contributed by atoms with Crippen molar-refractivity contribution >= 4 is 38.8 Å². The summed E-state index contributed by atoms with van der Waals surface area (Å²) in [4.78, 5) is 8.41. The molecule has 2 N–H and O–H groups in total. The number of rotatable bonds is 7. The molecule has 1 saturated heterocycles. The third-order valence-corrected chi connectivity index (χ3v) is 7.65. The molecule has 1 aliphatic carbocycles. The highest BCUT2D eigenvalue weighted by atomic mass is 32.2. The molecular weight excluding hydrogens is 444 g/mol. The van der Waals surface area contributed by atoms with Crippen LogP contribution in [0.5, 0.6) is 0 Å². The summed E-state index contributed by atoms with van der Waals surface area (Å²) < 4.78 is 33.6. The maximum absolute atomic E-state index is 10.3. The number of fused-ring (bicyclic) bond motifs is 1. The Balaban J connectivity index is 0.000000222. The molecule has 1 aromatic carbocycles. The van der Waals surface area contributed by atoms with Crippen LogP contribution in [0.15, 0.2) is 40.4 Å². The minimum atomic E-state index is -3.97. The highest BCUT2D eigenvalue weighted by molar-refractivity contribution is 7.99. The minimum Gasteiger partial charge on any atom is -0.363 e. The number of aliphatic imine (C=N–C) groups is 1. The Morgan fingerprint density at radius 3 is 2.59 bits per heavy atom. The molecule has 0 bridgehead atoms. The first-order valence-corrected chi connectivity index (χ1v) is 14.0. The quantitative estimate of drug-likeness (QED) is 0.344. The number of benzene rings is 1. The molecule has 2 aliphatic rings. The van der Waals surface area contributed by atoms with Gasteiger partial charge < -0.3 is 9.47 Å². The van der Waals surface area contributed by atoms with E-state index in [9.17, 15) is 8.42 Å². The lowest BCUT2D eigenvalue weighted by molar-refractivity contribution is 0.389. The van der Waals surface area contributed by atoms with Crippen LogP contribution in [0, 0.1) is 0 Å². The van der Waals surface area contributed by atoms with Crippen LogP contribution < -0.4 is 4.72 Å². The van der Waals surface area contributed by atoms with Gasteiger partial charge in [0, 0.05) is 60.3 Å². The van der Waals surface area contributed by atoms with Gasteiger partial charge in [-0.2, -0.15) is 13.1 Å². The van der Waals surface area contributed by atoms with Gasteiger partial charge in [0.1, 0.15) is 0 Å². The van der Waals surface area contributed by atoms with Crippen molar-refractivity contribution in [2.75, 3.05) is 25.9 Å². The number of nitrogens with one attached hydrogen (secondary N) is 1. The average molecular weight is 481 g/mol. The number of nitrogens with zero attached hydrogens (tertiary/aromatic N) is 3. The minimum absolute atomic E-state index is 0.0428. The van der Waals surface area contributed by atoms with Crippen LogP contribution in [0.1, 0.15) is 51.9 Å². The normalized spacial score (nSPS) is 18.8.